The molecule has 0 unspecified atom stereocenters. The lowest BCUT2D eigenvalue weighted by Crippen LogP contribution is -2.25. The monoisotopic (exact) mass is 311 g/mol. The van der Waals surface area contributed by atoms with Crippen LogP contribution in [0, 0.1) is 6.92 Å². The summed E-state index contributed by atoms with van der Waals surface area (Å²) in [7, 11) is 1.84. The topological polar surface area (TPSA) is 101 Å². The Labute approximate surface area is 133 Å². The summed E-state index contributed by atoms with van der Waals surface area (Å²) >= 11 is 0. The fourth-order valence-corrected chi connectivity index (χ4v) is 2.72. The molecule has 1 aliphatic heterocycles. The number of fused-ring (bicyclic) bond motifs is 1. The standard InChI is InChI=1S/C16H17N5O2/c1-9-6-10-11(13(19-9)7-18-2)8-21(16(10)23)14-5-3-4-12(20-14)15(17)22/h3-6,18H,7-8H2,1-2H3,(H2,17,22). The van der Waals surface area contributed by atoms with Gasteiger partial charge in [-0.1, -0.05) is 6.07 Å². The normalized spacial score (nSPS) is 13.3. The summed E-state index contributed by atoms with van der Waals surface area (Å²) in [6.45, 7) is 2.83. The predicted octanol–water partition coefficient (Wildman–Crippen LogP) is 0.764. The Morgan fingerprint density at radius 2 is 2.17 bits per heavy atom. The van der Waals surface area contributed by atoms with Crippen molar-refractivity contribution in [3.05, 3.63) is 52.5 Å². The lowest BCUT2D eigenvalue weighted by atomic mass is 10.1. The smallest absolute Gasteiger partial charge is 0.267 e. The van der Waals surface area contributed by atoms with Crippen molar-refractivity contribution in [2.24, 2.45) is 5.73 Å². The summed E-state index contributed by atoms with van der Waals surface area (Å²) in [6, 6.07) is 6.66. The molecule has 0 saturated carbocycles. The molecule has 0 bridgehead atoms. The second-order valence-corrected chi connectivity index (χ2v) is 5.40. The van der Waals surface area contributed by atoms with Gasteiger partial charge in [0.05, 0.1) is 12.2 Å². The van der Waals surface area contributed by atoms with Crippen LogP contribution in [0.1, 0.15) is 37.8 Å². The summed E-state index contributed by atoms with van der Waals surface area (Å²) in [5.74, 6) is -0.350. The Hall–Kier alpha value is -2.80. The molecular formula is C16H17N5O2. The third kappa shape index (κ3) is 2.66. The Morgan fingerprint density at radius 1 is 1.39 bits per heavy atom. The molecule has 0 fully saturated rings. The van der Waals surface area contributed by atoms with E-state index in [0.29, 0.717) is 24.5 Å². The molecule has 2 aromatic rings. The number of nitrogens with zero attached hydrogens (tertiary/aromatic N) is 3. The van der Waals surface area contributed by atoms with Gasteiger partial charge < -0.3 is 11.1 Å². The Bertz CT molecular complexity index is 803. The number of pyridine rings is 2. The lowest BCUT2D eigenvalue weighted by molar-refractivity contribution is 0.0983. The number of rotatable bonds is 4. The lowest BCUT2D eigenvalue weighted by Gasteiger charge is -2.15. The maximum Gasteiger partial charge on any atom is 0.267 e. The van der Waals surface area contributed by atoms with Crippen molar-refractivity contribution in [2.45, 2.75) is 20.0 Å². The van der Waals surface area contributed by atoms with Gasteiger partial charge in [-0.05, 0) is 32.2 Å². The van der Waals surface area contributed by atoms with E-state index in [-0.39, 0.29) is 11.6 Å². The third-order valence-corrected chi connectivity index (χ3v) is 3.74. The highest BCUT2D eigenvalue weighted by Gasteiger charge is 2.32. The Balaban J connectivity index is 2.02. The maximum absolute atomic E-state index is 12.7. The molecule has 0 radical (unpaired) electrons. The fourth-order valence-electron chi connectivity index (χ4n) is 2.72. The zero-order valence-corrected chi connectivity index (χ0v) is 13.0. The van der Waals surface area contributed by atoms with Gasteiger partial charge >= 0.3 is 0 Å². The van der Waals surface area contributed by atoms with Gasteiger partial charge in [0.1, 0.15) is 11.5 Å². The summed E-state index contributed by atoms with van der Waals surface area (Å²) in [5.41, 5.74) is 8.56. The van der Waals surface area contributed by atoms with Crippen molar-refractivity contribution < 1.29 is 9.59 Å². The van der Waals surface area contributed by atoms with E-state index in [1.165, 1.54) is 11.0 Å². The zero-order chi connectivity index (χ0) is 16.6. The summed E-state index contributed by atoms with van der Waals surface area (Å²) in [4.78, 5) is 34.2. The molecule has 3 N–H and O–H groups in total. The molecule has 7 heteroatoms. The minimum atomic E-state index is -0.621. The molecule has 1 aliphatic rings. The molecule has 3 heterocycles. The predicted molar refractivity (Wildman–Crippen MR) is 85.0 cm³/mol. The van der Waals surface area contributed by atoms with E-state index in [9.17, 15) is 9.59 Å². The molecule has 2 amide bonds. The number of anilines is 1. The van der Waals surface area contributed by atoms with E-state index in [1.54, 1.807) is 18.2 Å². The molecule has 2 aromatic heterocycles. The van der Waals surface area contributed by atoms with Crippen molar-refractivity contribution in [1.82, 2.24) is 15.3 Å². The van der Waals surface area contributed by atoms with Crippen LogP contribution in [0.4, 0.5) is 5.82 Å². The van der Waals surface area contributed by atoms with Crippen molar-refractivity contribution in [3.63, 3.8) is 0 Å². The number of nitrogens with one attached hydrogen (secondary N) is 1. The van der Waals surface area contributed by atoms with Gasteiger partial charge in [-0.25, -0.2) is 4.98 Å². The summed E-state index contributed by atoms with van der Waals surface area (Å²) < 4.78 is 0. The molecule has 0 aliphatic carbocycles. The van der Waals surface area contributed by atoms with Gasteiger partial charge in [0, 0.05) is 23.4 Å². The van der Waals surface area contributed by atoms with Crippen molar-refractivity contribution >= 4 is 17.6 Å². The van der Waals surface area contributed by atoms with E-state index in [2.05, 4.69) is 15.3 Å². The number of amides is 2. The molecule has 3 rings (SSSR count). The number of aryl methyl sites for hydroxylation is 1. The first-order valence-electron chi connectivity index (χ1n) is 7.24. The number of carbonyl (C=O) groups excluding carboxylic acids is 2. The number of hydrogen-bond donors (Lipinski definition) is 2. The van der Waals surface area contributed by atoms with E-state index in [0.717, 1.165) is 17.0 Å². The van der Waals surface area contributed by atoms with E-state index < -0.39 is 5.91 Å². The molecule has 0 saturated heterocycles. The maximum atomic E-state index is 12.7. The number of primary amides is 1. The van der Waals surface area contributed by atoms with Crippen LogP contribution in [0.2, 0.25) is 0 Å². The molecule has 0 atom stereocenters. The molecule has 118 valence electrons. The van der Waals surface area contributed by atoms with Gasteiger partial charge in [0.15, 0.2) is 0 Å². The van der Waals surface area contributed by atoms with Crippen molar-refractivity contribution in [3.8, 4) is 0 Å². The summed E-state index contributed by atoms with van der Waals surface area (Å²) in [6.07, 6.45) is 0. The second-order valence-electron chi connectivity index (χ2n) is 5.40. The largest absolute Gasteiger partial charge is 0.364 e. The van der Waals surface area contributed by atoms with Crippen LogP contribution in [0.5, 0.6) is 0 Å². The van der Waals surface area contributed by atoms with Gasteiger partial charge in [-0.2, -0.15) is 0 Å². The van der Waals surface area contributed by atoms with Gasteiger partial charge in [0.25, 0.3) is 11.8 Å². The van der Waals surface area contributed by atoms with Gasteiger partial charge in [-0.15, -0.1) is 0 Å². The van der Waals surface area contributed by atoms with Crippen LogP contribution >= 0.6 is 0 Å². The molecule has 0 spiro atoms. The van der Waals surface area contributed by atoms with E-state index in [1.807, 2.05) is 14.0 Å². The third-order valence-electron chi connectivity index (χ3n) is 3.74. The number of hydrogen-bond acceptors (Lipinski definition) is 5. The number of nitrogens with two attached hydrogens (primary N) is 1. The van der Waals surface area contributed by atoms with Crippen LogP contribution < -0.4 is 16.0 Å². The zero-order valence-electron chi connectivity index (χ0n) is 13.0. The molecule has 23 heavy (non-hydrogen) atoms. The van der Waals surface area contributed by atoms with Crippen LogP contribution in [-0.2, 0) is 13.1 Å². The second kappa shape index (κ2) is 5.77. The average molecular weight is 311 g/mol. The highest BCUT2D eigenvalue weighted by atomic mass is 16.2. The SMILES string of the molecule is CNCc1nc(C)cc2c1CN(c1cccc(C(N)=O)n1)C2=O. The number of carbonyl (C=O) groups is 2. The minimum absolute atomic E-state index is 0.135. The van der Waals surface area contributed by atoms with Gasteiger partial charge in [-0.3, -0.25) is 19.5 Å². The average Bonchev–Trinajstić information content (AvgIpc) is 2.85. The first-order chi connectivity index (χ1) is 11.0. The van der Waals surface area contributed by atoms with Crippen molar-refractivity contribution in [2.75, 3.05) is 11.9 Å². The highest BCUT2D eigenvalue weighted by molar-refractivity contribution is 6.10. The van der Waals surface area contributed by atoms with Crippen LogP contribution in [0.15, 0.2) is 24.3 Å². The van der Waals surface area contributed by atoms with Gasteiger partial charge in [0.2, 0.25) is 0 Å². The van der Waals surface area contributed by atoms with Crippen LogP contribution in [0.25, 0.3) is 0 Å². The fraction of sp³-hybridized carbons (Fsp3) is 0.250. The van der Waals surface area contributed by atoms with Crippen molar-refractivity contribution in [1.29, 1.82) is 0 Å². The molecule has 7 nitrogen and oxygen atoms in total. The first-order valence-corrected chi connectivity index (χ1v) is 7.24. The Kier molecular flexibility index (Phi) is 3.79. The molecule has 0 aromatic carbocycles. The highest BCUT2D eigenvalue weighted by Crippen LogP contribution is 2.29. The Morgan fingerprint density at radius 3 is 2.87 bits per heavy atom. The molecular weight excluding hydrogens is 294 g/mol. The summed E-state index contributed by atoms with van der Waals surface area (Å²) in [5, 5.41) is 3.07. The van der Waals surface area contributed by atoms with Crippen LogP contribution in [0.3, 0.4) is 0 Å². The van der Waals surface area contributed by atoms with E-state index in [4.69, 9.17) is 5.73 Å². The van der Waals surface area contributed by atoms with Crippen LogP contribution in [-0.4, -0.2) is 28.8 Å². The van der Waals surface area contributed by atoms with E-state index >= 15 is 0 Å². The number of aromatic nitrogens is 2. The first kappa shape index (κ1) is 15.1. The minimum Gasteiger partial charge on any atom is -0.364 e. The quantitative estimate of drug-likeness (QED) is 0.868.